The van der Waals surface area contributed by atoms with Crippen LogP contribution in [0, 0.1) is 5.82 Å². The molecule has 180 valence electrons. The second-order valence-electron chi connectivity index (χ2n) is 7.98. The van der Waals surface area contributed by atoms with E-state index in [1.54, 1.807) is 18.3 Å². The van der Waals surface area contributed by atoms with E-state index in [1.807, 2.05) is 49.4 Å². The Balaban J connectivity index is 1.43. The molecule has 1 amide bonds. The van der Waals surface area contributed by atoms with Crippen molar-refractivity contribution in [2.45, 2.75) is 33.1 Å². The smallest absolute Gasteiger partial charge is 0.273 e. The second kappa shape index (κ2) is 11.9. The van der Waals surface area contributed by atoms with E-state index in [1.165, 1.54) is 18.4 Å². The van der Waals surface area contributed by atoms with Gasteiger partial charge in [-0.05, 0) is 54.4 Å². The molecule has 35 heavy (non-hydrogen) atoms. The summed E-state index contributed by atoms with van der Waals surface area (Å²) >= 11 is 0. The lowest BCUT2D eigenvalue weighted by Crippen LogP contribution is -2.24. The van der Waals surface area contributed by atoms with Crippen molar-refractivity contribution in [3.63, 3.8) is 0 Å². The van der Waals surface area contributed by atoms with E-state index in [0.29, 0.717) is 38.7 Å². The zero-order chi connectivity index (χ0) is 24.5. The number of oxazole rings is 1. The van der Waals surface area contributed by atoms with Gasteiger partial charge < -0.3 is 14.5 Å². The summed E-state index contributed by atoms with van der Waals surface area (Å²) in [4.78, 5) is 23.2. The summed E-state index contributed by atoms with van der Waals surface area (Å²) in [5.41, 5.74) is 3.00. The molecule has 1 N–H and O–H groups in total. The third-order valence-electron chi connectivity index (χ3n) is 5.26. The van der Waals surface area contributed by atoms with Crippen molar-refractivity contribution in [2.24, 2.45) is 0 Å². The predicted octanol–water partition coefficient (Wildman–Crippen LogP) is 4.74. The number of aromatic nitrogens is 2. The molecule has 0 aliphatic heterocycles. The zero-order valence-electron chi connectivity index (χ0n) is 19.5. The van der Waals surface area contributed by atoms with Gasteiger partial charge in [-0.2, -0.15) is 0 Å². The Morgan fingerprint density at radius 3 is 2.37 bits per heavy atom. The Bertz CT molecular complexity index is 1210. The van der Waals surface area contributed by atoms with Crippen LogP contribution in [0.5, 0.6) is 5.75 Å². The monoisotopic (exact) mass is 474 g/mol. The van der Waals surface area contributed by atoms with Gasteiger partial charge in [-0.1, -0.05) is 30.3 Å². The minimum absolute atomic E-state index is 0.207. The number of nitrogens with zero attached hydrogens (tertiary/aromatic N) is 3. The fraction of sp³-hybridized carbons (Fsp3) is 0.222. The molecular weight excluding hydrogens is 447 g/mol. The standard InChI is InChI=1S/C27H27FN4O3/c1-2-34-24-12-8-21(9-13-24)17-32(16-20-6-10-22(28)11-7-20)18-26-31-25(19-35-26)27(33)30-15-23-5-3-4-14-29-23/h3-14,19H,2,15-18H2,1H3,(H,30,33). The minimum atomic E-state index is -0.331. The molecule has 0 bridgehead atoms. The van der Waals surface area contributed by atoms with Crippen molar-refractivity contribution in [1.29, 1.82) is 0 Å². The summed E-state index contributed by atoms with van der Waals surface area (Å²) in [6.07, 6.45) is 3.03. The molecule has 0 atom stereocenters. The van der Waals surface area contributed by atoms with Crippen molar-refractivity contribution in [2.75, 3.05) is 6.61 Å². The number of nitrogens with one attached hydrogen (secondary N) is 1. The van der Waals surface area contributed by atoms with Gasteiger partial charge in [-0.15, -0.1) is 0 Å². The third kappa shape index (κ3) is 7.22. The number of ether oxygens (including phenoxy) is 1. The number of carbonyl (C=O) groups is 1. The van der Waals surface area contributed by atoms with E-state index in [0.717, 1.165) is 22.6 Å². The fourth-order valence-electron chi connectivity index (χ4n) is 3.57. The SMILES string of the molecule is CCOc1ccc(CN(Cc2ccc(F)cc2)Cc2nc(C(=O)NCc3ccccn3)co2)cc1. The molecule has 0 saturated heterocycles. The molecule has 2 aromatic carbocycles. The molecule has 2 aromatic heterocycles. The number of carbonyl (C=O) groups excluding carboxylic acids is 1. The van der Waals surface area contributed by atoms with Crippen LogP contribution in [0.2, 0.25) is 0 Å². The predicted molar refractivity (Wildman–Crippen MR) is 129 cm³/mol. The molecule has 8 heteroatoms. The van der Waals surface area contributed by atoms with Crippen molar-refractivity contribution in [1.82, 2.24) is 20.2 Å². The summed E-state index contributed by atoms with van der Waals surface area (Å²) in [5.74, 6) is 0.625. The van der Waals surface area contributed by atoms with Crippen LogP contribution in [0.15, 0.2) is 83.6 Å². The van der Waals surface area contributed by atoms with Crippen LogP contribution < -0.4 is 10.1 Å². The largest absolute Gasteiger partial charge is 0.494 e. The number of halogens is 1. The summed E-state index contributed by atoms with van der Waals surface area (Å²) in [6.45, 7) is 4.39. The zero-order valence-corrected chi connectivity index (χ0v) is 19.5. The average Bonchev–Trinajstić information content (AvgIpc) is 3.34. The molecule has 4 aromatic rings. The quantitative estimate of drug-likeness (QED) is 0.338. The highest BCUT2D eigenvalue weighted by atomic mass is 19.1. The molecule has 2 heterocycles. The molecule has 0 spiro atoms. The van der Waals surface area contributed by atoms with E-state index in [2.05, 4.69) is 20.2 Å². The molecule has 0 saturated carbocycles. The summed E-state index contributed by atoms with van der Waals surface area (Å²) < 4.78 is 24.5. The van der Waals surface area contributed by atoms with Gasteiger partial charge in [0.2, 0.25) is 5.89 Å². The normalized spacial score (nSPS) is 10.9. The molecule has 7 nitrogen and oxygen atoms in total. The van der Waals surface area contributed by atoms with Crippen LogP contribution in [0.4, 0.5) is 4.39 Å². The average molecular weight is 475 g/mol. The van der Waals surface area contributed by atoms with Gasteiger partial charge in [0.1, 0.15) is 17.8 Å². The summed E-state index contributed by atoms with van der Waals surface area (Å²) in [5, 5.41) is 2.80. The molecule has 0 fully saturated rings. The Labute approximate surface area is 203 Å². The number of benzene rings is 2. The molecule has 4 rings (SSSR count). The number of amides is 1. The van der Waals surface area contributed by atoms with Crippen LogP contribution >= 0.6 is 0 Å². The van der Waals surface area contributed by atoms with E-state index < -0.39 is 0 Å². The maximum atomic E-state index is 13.4. The number of rotatable bonds is 11. The maximum Gasteiger partial charge on any atom is 0.273 e. The van der Waals surface area contributed by atoms with E-state index in [-0.39, 0.29) is 17.4 Å². The van der Waals surface area contributed by atoms with E-state index in [4.69, 9.17) is 9.15 Å². The Morgan fingerprint density at radius 1 is 1.00 bits per heavy atom. The van der Waals surface area contributed by atoms with Gasteiger partial charge >= 0.3 is 0 Å². The van der Waals surface area contributed by atoms with Gasteiger partial charge in [-0.25, -0.2) is 9.37 Å². The van der Waals surface area contributed by atoms with Crippen molar-refractivity contribution in [3.8, 4) is 5.75 Å². The maximum absolute atomic E-state index is 13.4. The molecule has 0 radical (unpaired) electrons. The van der Waals surface area contributed by atoms with Crippen LogP contribution in [0.3, 0.4) is 0 Å². The first-order valence-electron chi connectivity index (χ1n) is 11.4. The van der Waals surface area contributed by atoms with Crippen molar-refractivity contribution < 1.29 is 18.3 Å². The summed E-state index contributed by atoms with van der Waals surface area (Å²) in [6, 6.07) is 19.8. The molecule has 0 aliphatic rings. The highest BCUT2D eigenvalue weighted by Crippen LogP contribution is 2.18. The van der Waals surface area contributed by atoms with Gasteiger partial charge in [0.05, 0.1) is 25.4 Å². The molecule has 0 unspecified atom stereocenters. The number of hydrogen-bond donors (Lipinski definition) is 1. The minimum Gasteiger partial charge on any atom is -0.494 e. The van der Waals surface area contributed by atoms with Crippen LogP contribution in [-0.2, 0) is 26.2 Å². The topological polar surface area (TPSA) is 80.5 Å². The van der Waals surface area contributed by atoms with E-state index in [9.17, 15) is 9.18 Å². The first-order valence-corrected chi connectivity index (χ1v) is 11.4. The Hall–Kier alpha value is -4.04. The first-order chi connectivity index (χ1) is 17.1. The van der Waals surface area contributed by atoms with Gasteiger partial charge in [0.15, 0.2) is 5.69 Å². The van der Waals surface area contributed by atoms with Crippen molar-refractivity contribution in [3.05, 3.63) is 113 Å². The lowest BCUT2D eigenvalue weighted by Gasteiger charge is -2.21. The van der Waals surface area contributed by atoms with Gasteiger partial charge in [0, 0.05) is 19.3 Å². The number of pyridine rings is 1. The number of hydrogen-bond acceptors (Lipinski definition) is 6. The lowest BCUT2D eigenvalue weighted by molar-refractivity contribution is 0.0945. The second-order valence-corrected chi connectivity index (χ2v) is 7.98. The lowest BCUT2D eigenvalue weighted by atomic mass is 10.1. The Kier molecular flexibility index (Phi) is 8.19. The van der Waals surface area contributed by atoms with Gasteiger partial charge in [-0.3, -0.25) is 14.7 Å². The highest BCUT2D eigenvalue weighted by Gasteiger charge is 2.16. The first kappa shape index (κ1) is 24.1. The fourth-order valence-corrected chi connectivity index (χ4v) is 3.57. The third-order valence-corrected chi connectivity index (χ3v) is 5.26. The highest BCUT2D eigenvalue weighted by molar-refractivity contribution is 5.91. The summed E-state index contributed by atoms with van der Waals surface area (Å²) in [7, 11) is 0. The van der Waals surface area contributed by atoms with Crippen LogP contribution in [-0.4, -0.2) is 27.4 Å². The molecule has 0 aliphatic carbocycles. The van der Waals surface area contributed by atoms with Gasteiger partial charge in [0.25, 0.3) is 5.91 Å². The van der Waals surface area contributed by atoms with Crippen molar-refractivity contribution >= 4 is 5.91 Å². The van der Waals surface area contributed by atoms with E-state index >= 15 is 0 Å². The van der Waals surface area contributed by atoms with Crippen LogP contribution in [0.1, 0.15) is 40.1 Å². The molecular formula is C27H27FN4O3. The Morgan fingerprint density at radius 2 is 1.71 bits per heavy atom. The van der Waals surface area contributed by atoms with Crippen LogP contribution in [0.25, 0.3) is 0 Å².